The molecule has 2 nitrogen and oxygen atoms in total. The predicted octanol–water partition coefficient (Wildman–Crippen LogP) is 5.63. The second-order valence-electron chi connectivity index (χ2n) is 6.49. The minimum Gasteiger partial charge on any atom is -0.457 e. The first kappa shape index (κ1) is 15.7. The van der Waals surface area contributed by atoms with E-state index in [0.717, 1.165) is 22.6 Å². The summed E-state index contributed by atoms with van der Waals surface area (Å²) in [5, 5.41) is 0.514. The van der Waals surface area contributed by atoms with E-state index < -0.39 is 0 Å². The topological polar surface area (TPSA) is 35.2 Å². The van der Waals surface area contributed by atoms with Gasteiger partial charge in [0, 0.05) is 11.6 Å². The number of halogens is 1. The van der Waals surface area contributed by atoms with Gasteiger partial charge in [-0.2, -0.15) is 0 Å². The quantitative estimate of drug-likeness (QED) is 0.730. The summed E-state index contributed by atoms with van der Waals surface area (Å²) in [6.07, 6.45) is 0. The summed E-state index contributed by atoms with van der Waals surface area (Å²) in [5.74, 6) is 1.61. The van der Waals surface area contributed by atoms with Gasteiger partial charge in [-0.1, -0.05) is 44.5 Å². The van der Waals surface area contributed by atoms with E-state index in [4.69, 9.17) is 22.1 Å². The number of rotatable bonds is 2. The van der Waals surface area contributed by atoms with Crippen LogP contribution in [-0.4, -0.2) is 0 Å². The van der Waals surface area contributed by atoms with Crippen molar-refractivity contribution >= 4 is 17.3 Å². The Balaban J connectivity index is 2.49. The molecule has 0 amide bonds. The number of benzene rings is 2. The van der Waals surface area contributed by atoms with E-state index in [1.165, 1.54) is 5.56 Å². The Morgan fingerprint density at radius 3 is 2.29 bits per heavy atom. The number of nitrogen functional groups attached to an aromatic ring is 1. The molecular weight excluding hydrogens is 282 g/mol. The van der Waals surface area contributed by atoms with Gasteiger partial charge in [0.1, 0.15) is 11.5 Å². The molecule has 0 aliphatic rings. The first-order chi connectivity index (χ1) is 9.68. The van der Waals surface area contributed by atoms with Crippen molar-refractivity contribution in [2.24, 2.45) is 0 Å². The number of hydrogen-bond acceptors (Lipinski definition) is 2. The molecule has 0 aliphatic carbocycles. The van der Waals surface area contributed by atoms with Gasteiger partial charge in [-0.25, -0.2) is 0 Å². The van der Waals surface area contributed by atoms with Crippen LogP contribution in [0.5, 0.6) is 11.5 Å². The van der Waals surface area contributed by atoms with Gasteiger partial charge in [-0.05, 0) is 42.5 Å². The average Bonchev–Trinajstić information content (AvgIpc) is 2.34. The largest absolute Gasteiger partial charge is 0.457 e. The van der Waals surface area contributed by atoms with Crippen molar-refractivity contribution in [3.05, 3.63) is 52.0 Å². The molecule has 2 aromatic rings. The highest BCUT2D eigenvalue weighted by Gasteiger charge is 2.20. The summed E-state index contributed by atoms with van der Waals surface area (Å²) in [4.78, 5) is 0. The lowest BCUT2D eigenvalue weighted by molar-refractivity contribution is 0.452. The molecular formula is C18H22ClNO. The number of hydrogen-bond donors (Lipinski definition) is 1. The molecule has 0 radical (unpaired) electrons. The van der Waals surface area contributed by atoms with Crippen molar-refractivity contribution in [2.45, 2.75) is 40.0 Å². The van der Waals surface area contributed by atoms with Crippen LogP contribution in [0.2, 0.25) is 5.02 Å². The molecule has 2 rings (SSSR count). The maximum absolute atomic E-state index is 6.14. The molecule has 0 aliphatic heterocycles. The fourth-order valence-corrected chi connectivity index (χ4v) is 2.40. The number of nitrogens with two attached hydrogens (primary N) is 1. The van der Waals surface area contributed by atoms with Gasteiger partial charge in [-0.15, -0.1) is 0 Å². The van der Waals surface area contributed by atoms with Gasteiger partial charge >= 0.3 is 0 Å². The van der Waals surface area contributed by atoms with Gasteiger partial charge in [0.05, 0.1) is 10.7 Å². The third kappa shape index (κ3) is 3.51. The molecule has 0 bridgehead atoms. The molecule has 0 saturated carbocycles. The minimum atomic E-state index is 0.00847. The van der Waals surface area contributed by atoms with E-state index in [1.807, 2.05) is 13.0 Å². The summed E-state index contributed by atoms with van der Waals surface area (Å²) in [6, 6.07) is 9.91. The van der Waals surface area contributed by atoms with Crippen molar-refractivity contribution in [3.63, 3.8) is 0 Å². The molecule has 0 atom stereocenters. The molecule has 2 N–H and O–H groups in total. The standard InChI is InChI=1S/C18H22ClNO/c1-11-6-7-13(18(3,4)5)17(8-11)21-16-10-14(19)15(20)9-12(16)2/h6-10H,20H2,1-5H3. The summed E-state index contributed by atoms with van der Waals surface area (Å²) >= 11 is 6.11. The highest BCUT2D eigenvalue weighted by atomic mass is 35.5. The Labute approximate surface area is 131 Å². The summed E-state index contributed by atoms with van der Waals surface area (Å²) < 4.78 is 6.14. The van der Waals surface area contributed by atoms with Crippen LogP contribution in [0.1, 0.15) is 37.5 Å². The van der Waals surface area contributed by atoms with E-state index in [0.29, 0.717) is 10.7 Å². The molecule has 112 valence electrons. The molecule has 0 fully saturated rings. The molecule has 2 aromatic carbocycles. The number of anilines is 1. The minimum absolute atomic E-state index is 0.00847. The van der Waals surface area contributed by atoms with Gasteiger partial charge in [0.25, 0.3) is 0 Å². The molecule has 3 heteroatoms. The van der Waals surface area contributed by atoms with E-state index in [1.54, 1.807) is 6.07 Å². The number of aryl methyl sites for hydroxylation is 2. The molecule has 0 saturated heterocycles. The maximum atomic E-state index is 6.14. The van der Waals surface area contributed by atoms with Crippen molar-refractivity contribution in [1.82, 2.24) is 0 Å². The zero-order chi connectivity index (χ0) is 15.8. The Hall–Kier alpha value is -1.67. The van der Waals surface area contributed by atoms with Crippen molar-refractivity contribution in [3.8, 4) is 11.5 Å². The van der Waals surface area contributed by atoms with Crippen LogP contribution < -0.4 is 10.5 Å². The summed E-state index contributed by atoms with van der Waals surface area (Å²) in [7, 11) is 0. The third-order valence-electron chi connectivity index (χ3n) is 3.46. The average molecular weight is 304 g/mol. The zero-order valence-electron chi connectivity index (χ0n) is 13.3. The fourth-order valence-electron chi connectivity index (χ4n) is 2.25. The van der Waals surface area contributed by atoms with Crippen molar-refractivity contribution < 1.29 is 4.74 Å². The van der Waals surface area contributed by atoms with Crippen LogP contribution in [0.4, 0.5) is 5.69 Å². The molecule has 0 unspecified atom stereocenters. The first-order valence-electron chi connectivity index (χ1n) is 7.03. The smallest absolute Gasteiger partial charge is 0.131 e. The first-order valence-corrected chi connectivity index (χ1v) is 7.41. The Morgan fingerprint density at radius 2 is 1.67 bits per heavy atom. The van der Waals surface area contributed by atoms with Crippen LogP contribution in [0.15, 0.2) is 30.3 Å². The van der Waals surface area contributed by atoms with Crippen LogP contribution in [0.25, 0.3) is 0 Å². The predicted molar refractivity (Wildman–Crippen MR) is 90.6 cm³/mol. The highest BCUT2D eigenvalue weighted by molar-refractivity contribution is 6.33. The second kappa shape index (κ2) is 5.61. The van der Waals surface area contributed by atoms with E-state index in [-0.39, 0.29) is 5.41 Å². The fraction of sp³-hybridized carbons (Fsp3) is 0.333. The lowest BCUT2D eigenvalue weighted by Crippen LogP contribution is -2.12. The van der Waals surface area contributed by atoms with Crippen molar-refractivity contribution in [2.75, 3.05) is 5.73 Å². The Morgan fingerprint density at radius 1 is 1.00 bits per heavy atom. The van der Waals surface area contributed by atoms with Gasteiger partial charge in [0.2, 0.25) is 0 Å². The SMILES string of the molecule is Cc1ccc(C(C)(C)C)c(Oc2cc(Cl)c(N)cc2C)c1. The third-order valence-corrected chi connectivity index (χ3v) is 3.79. The van der Waals surface area contributed by atoms with Crippen LogP contribution >= 0.6 is 11.6 Å². The normalized spacial score (nSPS) is 11.5. The van der Waals surface area contributed by atoms with E-state index in [9.17, 15) is 0 Å². The molecule has 0 spiro atoms. The molecule has 21 heavy (non-hydrogen) atoms. The lowest BCUT2D eigenvalue weighted by Gasteiger charge is -2.23. The van der Waals surface area contributed by atoms with Gasteiger partial charge in [0.15, 0.2) is 0 Å². The second-order valence-corrected chi connectivity index (χ2v) is 6.90. The lowest BCUT2D eigenvalue weighted by atomic mass is 9.86. The Kier molecular flexibility index (Phi) is 4.20. The van der Waals surface area contributed by atoms with Crippen LogP contribution in [0, 0.1) is 13.8 Å². The molecule has 0 aromatic heterocycles. The summed E-state index contributed by atoms with van der Waals surface area (Å²) in [6.45, 7) is 10.5. The van der Waals surface area contributed by atoms with Gasteiger partial charge in [-0.3, -0.25) is 0 Å². The molecule has 0 heterocycles. The highest BCUT2D eigenvalue weighted by Crippen LogP contribution is 2.37. The van der Waals surface area contributed by atoms with Crippen molar-refractivity contribution in [1.29, 1.82) is 0 Å². The monoisotopic (exact) mass is 303 g/mol. The van der Waals surface area contributed by atoms with Gasteiger partial charge < -0.3 is 10.5 Å². The number of ether oxygens (including phenoxy) is 1. The zero-order valence-corrected chi connectivity index (χ0v) is 14.0. The maximum Gasteiger partial charge on any atom is 0.131 e. The van der Waals surface area contributed by atoms with E-state index >= 15 is 0 Å². The Bertz CT molecular complexity index is 672. The van der Waals surface area contributed by atoms with E-state index in [2.05, 4.69) is 45.9 Å². The van der Waals surface area contributed by atoms with Crippen LogP contribution in [-0.2, 0) is 5.41 Å². The summed E-state index contributed by atoms with van der Waals surface area (Å²) in [5.41, 5.74) is 9.70. The van der Waals surface area contributed by atoms with Crippen LogP contribution in [0.3, 0.4) is 0 Å².